The quantitative estimate of drug-likeness (QED) is 0.623. The number of hydrogen-bond acceptors (Lipinski definition) is 3. The van der Waals surface area contributed by atoms with Crippen molar-refractivity contribution < 1.29 is 0 Å². The Kier molecular flexibility index (Phi) is 2.19. The molecule has 0 aliphatic heterocycles. The summed E-state index contributed by atoms with van der Waals surface area (Å²) in [6.45, 7) is 1.87. The Morgan fingerprint density at radius 1 is 1.50 bits per heavy atom. The van der Waals surface area contributed by atoms with Crippen LogP contribution in [0, 0.1) is 0 Å². The van der Waals surface area contributed by atoms with E-state index in [9.17, 15) is 0 Å². The van der Waals surface area contributed by atoms with Gasteiger partial charge in [-0.1, -0.05) is 0 Å². The molecule has 3 nitrogen and oxygen atoms in total. The van der Waals surface area contributed by atoms with E-state index in [1.165, 1.54) is 0 Å². The molecule has 0 aliphatic carbocycles. The molecule has 54 valence electrons. The van der Waals surface area contributed by atoms with Gasteiger partial charge in [0.1, 0.15) is 0 Å². The van der Waals surface area contributed by atoms with Crippen LogP contribution in [0.15, 0.2) is 12.4 Å². The van der Waals surface area contributed by atoms with Crippen LogP contribution < -0.4 is 5.73 Å². The predicted molar refractivity (Wildman–Crippen MR) is 39.6 cm³/mol. The van der Waals surface area contributed by atoms with Crippen LogP contribution in [-0.4, -0.2) is 9.97 Å². The molecule has 2 N–H and O–H groups in total. The molecule has 0 aromatic carbocycles. The number of aromatic nitrogens is 2. The summed E-state index contributed by atoms with van der Waals surface area (Å²) < 4.78 is 0. The van der Waals surface area contributed by atoms with Crippen LogP contribution >= 0.6 is 11.6 Å². The van der Waals surface area contributed by atoms with E-state index >= 15 is 0 Å². The van der Waals surface area contributed by atoms with Gasteiger partial charge in [-0.3, -0.25) is 0 Å². The maximum Gasteiger partial charge on any atom is 0.222 e. The Bertz CT molecular complexity index is 207. The fraction of sp³-hybridized carbons (Fsp3) is 0.333. The topological polar surface area (TPSA) is 51.8 Å². The molecule has 10 heavy (non-hydrogen) atoms. The highest BCUT2D eigenvalue weighted by atomic mass is 35.5. The molecule has 0 saturated carbocycles. The van der Waals surface area contributed by atoms with Crippen molar-refractivity contribution in [1.29, 1.82) is 0 Å². The third-order valence-electron chi connectivity index (χ3n) is 1.17. The van der Waals surface area contributed by atoms with Crippen molar-refractivity contribution in [2.75, 3.05) is 0 Å². The molecular formula is C6H8ClN3. The van der Waals surface area contributed by atoms with Gasteiger partial charge in [0.2, 0.25) is 5.28 Å². The van der Waals surface area contributed by atoms with Gasteiger partial charge in [0, 0.05) is 24.0 Å². The second-order valence-corrected chi connectivity index (χ2v) is 2.41. The lowest BCUT2D eigenvalue weighted by molar-refractivity contribution is 0.802. The number of rotatable bonds is 1. The molecule has 1 atom stereocenters. The first-order chi connectivity index (χ1) is 4.70. The summed E-state index contributed by atoms with van der Waals surface area (Å²) in [5.74, 6) is 0. The maximum atomic E-state index is 5.54. The Balaban J connectivity index is 2.89. The first-order valence-corrected chi connectivity index (χ1v) is 3.31. The highest BCUT2D eigenvalue weighted by Gasteiger charge is 1.98. The largest absolute Gasteiger partial charge is 0.324 e. The molecule has 0 fully saturated rings. The van der Waals surface area contributed by atoms with Gasteiger partial charge in [-0.05, 0) is 18.5 Å². The van der Waals surface area contributed by atoms with Gasteiger partial charge in [-0.15, -0.1) is 0 Å². The monoisotopic (exact) mass is 157 g/mol. The zero-order chi connectivity index (χ0) is 7.56. The van der Waals surface area contributed by atoms with Crippen LogP contribution in [0.5, 0.6) is 0 Å². The summed E-state index contributed by atoms with van der Waals surface area (Å²) in [4.78, 5) is 7.55. The summed E-state index contributed by atoms with van der Waals surface area (Å²) in [7, 11) is 0. The highest BCUT2D eigenvalue weighted by molar-refractivity contribution is 6.28. The zero-order valence-electron chi connectivity index (χ0n) is 5.58. The molecule has 1 heterocycles. The van der Waals surface area contributed by atoms with E-state index in [2.05, 4.69) is 9.97 Å². The van der Waals surface area contributed by atoms with E-state index in [4.69, 9.17) is 17.3 Å². The molecule has 0 unspecified atom stereocenters. The van der Waals surface area contributed by atoms with E-state index in [0.29, 0.717) is 0 Å². The minimum atomic E-state index is -0.0303. The van der Waals surface area contributed by atoms with Crippen molar-refractivity contribution in [3.63, 3.8) is 0 Å². The lowest BCUT2D eigenvalue weighted by Gasteiger charge is -2.01. The average molecular weight is 158 g/mol. The maximum absolute atomic E-state index is 5.54. The van der Waals surface area contributed by atoms with Gasteiger partial charge in [-0.25, -0.2) is 9.97 Å². The number of nitrogens with zero attached hydrogens (tertiary/aromatic N) is 2. The van der Waals surface area contributed by atoms with Crippen molar-refractivity contribution in [2.45, 2.75) is 13.0 Å². The number of nitrogens with two attached hydrogens (primary N) is 1. The summed E-state index contributed by atoms with van der Waals surface area (Å²) in [5.41, 5.74) is 6.43. The van der Waals surface area contributed by atoms with Crippen LogP contribution in [0.4, 0.5) is 0 Å². The molecule has 1 aromatic heterocycles. The standard InChI is InChI=1S/C6H8ClN3/c1-4(8)5-2-9-6(7)10-3-5/h2-4H,8H2,1H3/t4-/m1/s1. The highest BCUT2D eigenvalue weighted by Crippen LogP contribution is 2.06. The molecule has 1 aromatic rings. The van der Waals surface area contributed by atoms with Crippen LogP contribution in [0.3, 0.4) is 0 Å². The molecule has 0 amide bonds. The summed E-state index contributed by atoms with van der Waals surface area (Å²) in [6.07, 6.45) is 3.25. The van der Waals surface area contributed by atoms with Crippen molar-refractivity contribution in [2.24, 2.45) is 5.73 Å². The normalized spacial score (nSPS) is 13.1. The second kappa shape index (κ2) is 2.94. The van der Waals surface area contributed by atoms with Gasteiger partial charge < -0.3 is 5.73 Å². The fourth-order valence-corrected chi connectivity index (χ4v) is 0.655. The van der Waals surface area contributed by atoms with Crippen molar-refractivity contribution in [3.05, 3.63) is 23.2 Å². The summed E-state index contributed by atoms with van der Waals surface area (Å²) in [6, 6.07) is -0.0303. The van der Waals surface area contributed by atoms with Crippen molar-refractivity contribution in [1.82, 2.24) is 9.97 Å². The minimum Gasteiger partial charge on any atom is -0.324 e. The van der Waals surface area contributed by atoms with Gasteiger partial charge in [0.05, 0.1) is 0 Å². The third kappa shape index (κ3) is 1.65. The van der Waals surface area contributed by atoms with Gasteiger partial charge in [0.15, 0.2) is 0 Å². The van der Waals surface area contributed by atoms with Gasteiger partial charge >= 0.3 is 0 Å². The van der Waals surface area contributed by atoms with Crippen LogP contribution in [0.25, 0.3) is 0 Å². The Morgan fingerprint density at radius 3 is 2.40 bits per heavy atom. The molecule has 0 saturated heterocycles. The van der Waals surface area contributed by atoms with E-state index in [1.54, 1.807) is 12.4 Å². The van der Waals surface area contributed by atoms with Crippen molar-refractivity contribution >= 4 is 11.6 Å². The predicted octanol–water partition coefficient (Wildman–Crippen LogP) is 1.15. The fourth-order valence-electron chi connectivity index (χ4n) is 0.557. The zero-order valence-corrected chi connectivity index (χ0v) is 6.34. The van der Waals surface area contributed by atoms with E-state index in [-0.39, 0.29) is 11.3 Å². The first-order valence-electron chi connectivity index (χ1n) is 2.93. The number of hydrogen-bond donors (Lipinski definition) is 1. The molecule has 4 heteroatoms. The summed E-state index contributed by atoms with van der Waals surface area (Å²) in [5, 5.41) is 0.254. The SMILES string of the molecule is C[C@@H](N)c1cnc(Cl)nc1. The summed E-state index contributed by atoms with van der Waals surface area (Å²) >= 11 is 5.45. The molecular weight excluding hydrogens is 150 g/mol. The molecule has 0 radical (unpaired) electrons. The van der Waals surface area contributed by atoms with Gasteiger partial charge in [0.25, 0.3) is 0 Å². The van der Waals surface area contributed by atoms with E-state index in [0.717, 1.165) is 5.56 Å². The van der Waals surface area contributed by atoms with E-state index < -0.39 is 0 Å². The lowest BCUT2D eigenvalue weighted by atomic mass is 10.2. The number of halogens is 1. The van der Waals surface area contributed by atoms with Crippen LogP contribution in [0.2, 0.25) is 5.28 Å². The first kappa shape index (κ1) is 7.44. The van der Waals surface area contributed by atoms with Gasteiger partial charge in [-0.2, -0.15) is 0 Å². The van der Waals surface area contributed by atoms with E-state index in [1.807, 2.05) is 6.92 Å². The van der Waals surface area contributed by atoms with Crippen molar-refractivity contribution in [3.8, 4) is 0 Å². The molecule has 0 bridgehead atoms. The molecule has 0 aliphatic rings. The third-order valence-corrected chi connectivity index (χ3v) is 1.36. The second-order valence-electron chi connectivity index (χ2n) is 2.07. The smallest absolute Gasteiger partial charge is 0.222 e. The Morgan fingerprint density at radius 2 is 2.00 bits per heavy atom. The Labute approximate surface area is 64.2 Å². The lowest BCUT2D eigenvalue weighted by Crippen LogP contribution is -2.05. The van der Waals surface area contributed by atoms with Crippen LogP contribution in [-0.2, 0) is 0 Å². The molecule has 1 rings (SSSR count). The molecule has 0 spiro atoms. The van der Waals surface area contributed by atoms with Crippen LogP contribution in [0.1, 0.15) is 18.5 Å². The minimum absolute atomic E-state index is 0.0303. The average Bonchev–Trinajstić information content (AvgIpc) is 1.88. The Hall–Kier alpha value is -0.670.